The van der Waals surface area contributed by atoms with E-state index in [1.165, 1.54) is 12.1 Å². The van der Waals surface area contributed by atoms with Gasteiger partial charge in [-0.2, -0.15) is 0 Å². The number of hydrogen-bond donors (Lipinski definition) is 2. The Hall–Kier alpha value is -2.73. The van der Waals surface area contributed by atoms with Gasteiger partial charge < -0.3 is 10.1 Å². The average Bonchev–Trinajstić information content (AvgIpc) is 2.91. The molecule has 3 rings (SSSR count). The first-order valence-corrected chi connectivity index (χ1v) is 7.25. The van der Waals surface area contributed by atoms with Crippen LogP contribution in [-0.2, 0) is 11.3 Å². The van der Waals surface area contributed by atoms with Crippen LogP contribution in [0.4, 0.5) is 4.39 Å². The van der Waals surface area contributed by atoms with Crippen LogP contribution in [0.1, 0.15) is 22.9 Å². The van der Waals surface area contributed by atoms with Gasteiger partial charge in [-0.3, -0.25) is 10.1 Å². The highest BCUT2D eigenvalue weighted by atomic mass is 19.1. The number of amides is 1. The van der Waals surface area contributed by atoms with E-state index in [0.717, 1.165) is 16.9 Å². The van der Waals surface area contributed by atoms with Crippen LogP contribution in [0.5, 0.6) is 0 Å². The van der Waals surface area contributed by atoms with Gasteiger partial charge in [-0.25, -0.2) is 9.37 Å². The maximum Gasteiger partial charge on any atom is 0.239 e. The summed E-state index contributed by atoms with van der Waals surface area (Å²) in [5.74, 6) is -0.865. The quantitative estimate of drug-likeness (QED) is 0.758. The predicted molar refractivity (Wildman–Crippen MR) is 85.1 cm³/mol. The van der Waals surface area contributed by atoms with Crippen molar-refractivity contribution in [3.05, 3.63) is 71.4 Å². The minimum atomic E-state index is -0.689. The summed E-state index contributed by atoms with van der Waals surface area (Å²) in [5.41, 5.74) is 8.96. The minimum absolute atomic E-state index is 0.353. The zero-order chi connectivity index (χ0) is 16.4. The minimum Gasteiger partial charge on any atom is -0.368 e. The maximum absolute atomic E-state index is 13.0. The van der Waals surface area contributed by atoms with Crippen LogP contribution in [0.25, 0.3) is 5.65 Å². The van der Waals surface area contributed by atoms with E-state index in [4.69, 9.17) is 5.73 Å². The molecule has 2 heterocycles. The lowest BCUT2D eigenvalue weighted by Gasteiger charge is -2.15. The fourth-order valence-electron chi connectivity index (χ4n) is 2.51. The molecule has 1 atom stereocenters. The summed E-state index contributed by atoms with van der Waals surface area (Å²) in [5, 5.41) is 3.11. The van der Waals surface area contributed by atoms with Gasteiger partial charge in [-0.05, 0) is 36.2 Å². The van der Waals surface area contributed by atoms with Crippen LogP contribution in [0, 0.1) is 12.7 Å². The molecular formula is C17H17FN4O. The predicted octanol–water partition coefficient (Wildman–Crippen LogP) is 2.10. The van der Waals surface area contributed by atoms with Gasteiger partial charge in [-0.1, -0.05) is 18.2 Å². The molecule has 3 N–H and O–H groups in total. The molecular weight excluding hydrogens is 295 g/mol. The van der Waals surface area contributed by atoms with E-state index in [9.17, 15) is 9.18 Å². The lowest BCUT2D eigenvalue weighted by atomic mass is 10.1. The first-order valence-electron chi connectivity index (χ1n) is 7.25. The number of rotatable bonds is 5. The second kappa shape index (κ2) is 6.18. The highest BCUT2D eigenvalue weighted by molar-refractivity contribution is 5.81. The third-order valence-electron chi connectivity index (χ3n) is 3.71. The number of aryl methyl sites for hydroxylation is 1. The van der Waals surface area contributed by atoms with Crippen LogP contribution in [0.2, 0.25) is 0 Å². The van der Waals surface area contributed by atoms with E-state index < -0.39 is 11.9 Å². The Morgan fingerprint density at radius 2 is 2.04 bits per heavy atom. The first-order chi connectivity index (χ1) is 11.0. The van der Waals surface area contributed by atoms with Crippen molar-refractivity contribution in [3.63, 3.8) is 0 Å². The van der Waals surface area contributed by atoms with E-state index >= 15 is 0 Å². The number of halogens is 1. The van der Waals surface area contributed by atoms with Crippen LogP contribution < -0.4 is 11.1 Å². The molecule has 0 aliphatic rings. The molecule has 0 fully saturated rings. The molecule has 0 spiro atoms. The normalized spacial score (nSPS) is 12.4. The van der Waals surface area contributed by atoms with E-state index in [0.29, 0.717) is 12.1 Å². The van der Waals surface area contributed by atoms with E-state index in [-0.39, 0.29) is 5.82 Å². The van der Waals surface area contributed by atoms with Crippen LogP contribution in [-0.4, -0.2) is 15.3 Å². The molecule has 0 radical (unpaired) electrons. The number of nitrogens with zero attached hydrogens (tertiary/aromatic N) is 2. The van der Waals surface area contributed by atoms with Crippen molar-refractivity contribution >= 4 is 11.6 Å². The van der Waals surface area contributed by atoms with Gasteiger partial charge in [0.1, 0.15) is 17.5 Å². The van der Waals surface area contributed by atoms with Crippen molar-refractivity contribution in [2.24, 2.45) is 5.73 Å². The summed E-state index contributed by atoms with van der Waals surface area (Å²) in [6, 6.07) is 8.96. The molecule has 23 heavy (non-hydrogen) atoms. The molecule has 1 unspecified atom stereocenters. The SMILES string of the molecule is Cc1ccc2ncc(CNC(C(N)=O)c3ccc(F)cc3)n2c1. The van der Waals surface area contributed by atoms with Crippen molar-refractivity contribution in [2.45, 2.75) is 19.5 Å². The number of hydrogen-bond acceptors (Lipinski definition) is 3. The third-order valence-corrected chi connectivity index (χ3v) is 3.71. The number of primary amides is 1. The number of nitrogens with one attached hydrogen (secondary N) is 1. The molecule has 0 saturated carbocycles. The molecule has 0 aliphatic heterocycles. The van der Waals surface area contributed by atoms with Crippen molar-refractivity contribution in [2.75, 3.05) is 0 Å². The standard InChI is InChI=1S/C17H17FN4O/c1-11-2-7-15-20-8-14(22(15)10-11)9-21-16(17(19)23)12-3-5-13(18)6-4-12/h2-8,10,16,21H,9H2,1H3,(H2,19,23). The van der Waals surface area contributed by atoms with Gasteiger partial charge in [0.05, 0.1) is 11.9 Å². The number of carbonyl (C=O) groups excluding carboxylic acids is 1. The fourth-order valence-corrected chi connectivity index (χ4v) is 2.51. The molecule has 0 saturated heterocycles. The van der Waals surface area contributed by atoms with Crippen molar-refractivity contribution in [1.29, 1.82) is 0 Å². The van der Waals surface area contributed by atoms with Crippen LogP contribution in [0.15, 0.2) is 48.8 Å². The molecule has 3 aromatic rings. The highest BCUT2D eigenvalue weighted by Crippen LogP contribution is 2.15. The largest absolute Gasteiger partial charge is 0.368 e. The summed E-state index contributed by atoms with van der Waals surface area (Å²) in [7, 11) is 0. The zero-order valence-corrected chi connectivity index (χ0v) is 12.7. The molecule has 1 amide bonds. The Morgan fingerprint density at radius 1 is 1.30 bits per heavy atom. The summed E-state index contributed by atoms with van der Waals surface area (Å²) < 4.78 is 15.0. The molecule has 118 valence electrons. The number of pyridine rings is 1. The molecule has 0 aliphatic carbocycles. The Bertz CT molecular complexity index is 841. The summed E-state index contributed by atoms with van der Waals surface area (Å²) >= 11 is 0. The Kier molecular flexibility index (Phi) is 4.08. The van der Waals surface area contributed by atoms with E-state index in [1.807, 2.05) is 29.7 Å². The maximum atomic E-state index is 13.0. The number of nitrogens with two attached hydrogens (primary N) is 1. The van der Waals surface area contributed by atoms with E-state index in [2.05, 4.69) is 10.3 Å². The number of imidazole rings is 1. The second-order valence-electron chi connectivity index (χ2n) is 5.45. The molecule has 6 heteroatoms. The fraction of sp³-hybridized carbons (Fsp3) is 0.176. The molecule has 2 aromatic heterocycles. The average molecular weight is 312 g/mol. The molecule has 5 nitrogen and oxygen atoms in total. The second-order valence-corrected chi connectivity index (χ2v) is 5.45. The number of fused-ring (bicyclic) bond motifs is 1. The van der Waals surface area contributed by atoms with Gasteiger partial charge in [0, 0.05) is 12.7 Å². The highest BCUT2D eigenvalue weighted by Gasteiger charge is 2.18. The van der Waals surface area contributed by atoms with Gasteiger partial charge in [0.15, 0.2) is 0 Å². The monoisotopic (exact) mass is 312 g/mol. The smallest absolute Gasteiger partial charge is 0.239 e. The van der Waals surface area contributed by atoms with E-state index in [1.54, 1.807) is 18.3 Å². The summed E-state index contributed by atoms with van der Waals surface area (Å²) in [6.45, 7) is 2.41. The van der Waals surface area contributed by atoms with Gasteiger partial charge in [0.2, 0.25) is 5.91 Å². The van der Waals surface area contributed by atoms with Crippen molar-refractivity contribution < 1.29 is 9.18 Å². The van der Waals surface area contributed by atoms with Crippen molar-refractivity contribution in [1.82, 2.24) is 14.7 Å². The topological polar surface area (TPSA) is 72.4 Å². The molecule has 0 bridgehead atoms. The van der Waals surface area contributed by atoms with Gasteiger partial charge in [-0.15, -0.1) is 0 Å². The van der Waals surface area contributed by atoms with Crippen LogP contribution in [0.3, 0.4) is 0 Å². The molecule has 1 aromatic carbocycles. The summed E-state index contributed by atoms with van der Waals surface area (Å²) in [4.78, 5) is 16.0. The lowest BCUT2D eigenvalue weighted by molar-refractivity contribution is -0.120. The first kappa shape index (κ1) is 15.2. The third kappa shape index (κ3) is 3.22. The Balaban J connectivity index is 1.82. The number of benzene rings is 1. The number of aromatic nitrogens is 2. The zero-order valence-electron chi connectivity index (χ0n) is 12.7. The number of carbonyl (C=O) groups is 1. The van der Waals surface area contributed by atoms with Gasteiger partial charge >= 0.3 is 0 Å². The van der Waals surface area contributed by atoms with Crippen LogP contribution >= 0.6 is 0 Å². The van der Waals surface area contributed by atoms with Crippen molar-refractivity contribution in [3.8, 4) is 0 Å². The van der Waals surface area contributed by atoms with Gasteiger partial charge in [0.25, 0.3) is 0 Å². The summed E-state index contributed by atoms with van der Waals surface area (Å²) in [6.07, 6.45) is 3.74. The Morgan fingerprint density at radius 3 is 2.74 bits per heavy atom. The lowest BCUT2D eigenvalue weighted by Crippen LogP contribution is -2.33. The Labute approximate surface area is 133 Å².